The van der Waals surface area contributed by atoms with Crippen molar-refractivity contribution in [1.29, 1.82) is 0 Å². The third kappa shape index (κ3) is 21.4. The molecule has 0 saturated carbocycles. The summed E-state index contributed by atoms with van der Waals surface area (Å²) < 4.78 is 25.2. The highest BCUT2D eigenvalue weighted by Gasteiger charge is 2.09. The van der Waals surface area contributed by atoms with E-state index in [0.29, 0.717) is 32.7 Å². The molecule has 0 atom stereocenters. The molecule has 0 aliphatic rings. The lowest BCUT2D eigenvalue weighted by molar-refractivity contribution is -0.151. The summed E-state index contributed by atoms with van der Waals surface area (Å²) >= 11 is 4.11. The molecule has 0 heterocycles. The number of amides is 1. The highest BCUT2D eigenvalue weighted by atomic mass is 32.1. The van der Waals surface area contributed by atoms with Crippen LogP contribution in [0.1, 0.15) is 51.9 Å². The molecule has 32 heavy (non-hydrogen) atoms. The minimum absolute atomic E-state index is 0.0627. The lowest BCUT2D eigenvalue weighted by atomic mass is 10.2. The molecule has 1 N–H and O–H groups in total. The van der Waals surface area contributed by atoms with E-state index in [0.717, 1.165) is 25.0 Å². The van der Waals surface area contributed by atoms with Crippen LogP contribution in [-0.4, -0.2) is 82.4 Å². The molecule has 0 aromatic carbocycles. The molecule has 0 rings (SSSR count). The van der Waals surface area contributed by atoms with Gasteiger partial charge in [0.1, 0.15) is 19.8 Å². The van der Waals surface area contributed by atoms with Crippen molar-refractivity contribution in [3.8, 4) is 0 Å². The molecule has 186 valence electrons. The predicted molar refractivity (Wildman–Crippen MR) is 119 cm³/mol. The van der Waals surface area contributed by atoms with Crippen molar-refractivity contribution < 1.29 is 42.9 Å². The van der Waals surface area contributed by atoms with E-state index in [1.165, 1.54) is 0 Å². The minimum Gasteiger partial charge on any atom is -0.464 e. The number of carbonyl (C=O) groups excluding carboxylic acids is 4. The molecule has 0 bridgehead atoms. The normalized spacial score (nSPS) is 10.4. The number of carbonyl (C=O) groups is 4. The second-order valence-electron chi connectivity index (χ2n) is 6.62. The zero-order chi connectivity index (χ0) is 23.9. The van der Waals surface area contributed by atoms with Gasteiger partial charge >= 0.3 is 17.9 Å². The van der Waals surface area contributed by atoms with Gasteiger partial charge in [-0.15, -0.1) is 0 Å². The SMILES string of the molecule is CCC(=O)OCCOCCOCCOC(=O)CCC(=O)OCCNC(=O)CCCCCS. The first kappa shape index (κ1) is 30.1. The zero-order valence-corrected chi connectivity index (χ0v) is 19.8. The summed E-state index contributed by atoms with van der Waals surface area (Å²) in [6.45, 7) is 3.45. The molecule has 0 fully saturated rings. The summed E-state index contributed by atoms with van der Waals surface area (Å²) in [5, 5.41) is 2.68. The first-order valence-corrected chi connectivity index (χ1v) is 11.6. The monoisotopic (exact) mass is 479 g/mol. The van der Waals surface area contributed by atoms with E-state index < -0.39 is 11.9 Å². The van der Waals surface area contributed by atoms with E-state index >= 15 is 0 Å². The number of unbranched alkanes of at least 4 members (excludes halogenated alkanes) is 2. The molecule has 0 aliphatic heterocycles. The molecular formula is C21H37NO9S. The number of thiol groups is 1. The molecule has 0 aliphatic carbocycles. The highest BCUT2D eigenvalue weighted by Crippen LogP contribution is 2.00. The van der Waals surface area contributed by atoms with Gasteiger partial charge in [-0.2, -0.15) is 12.6 Å². The smallest absolute Gasteiger partial charge is 0.306 e. The standard InChI is InChI=1S/C21H37NO9S/c1-2-19(24)30-15-13-27-11-12-28-14-16-31-21(26)8-7-20(25)29-10-9-22-18(23)6-4-3-5-17-32/h32H,2-17H2,1H3,(H,22,23). The van der Waals surface area contributed by atoms with Crippen molar-refractivity contribution in [1.82, 2.24) is 5.32 Å². The van der Waals surface area contributed by atoms with Gasteiger partial charge in [0.25, 0.3) is 0 Å². The van der Waals surface area contributed by atoms with Crippen LogP contribution in [0.3, 0.4) is 0 Å². The van der Waals surface area contributed by atoms with Crippen LogP contribution in [-0.2, 0) is 42.9 Å². The zero-order valence-electron chi connectivity index (χ0n) is 18.9. The van der Waals surface area contributed by atoms with Gasteiger partial charge in [-0.1, -0.05) is 13.3 Å². The Hall–Kier alpha value is -1.85. The van der Waals surface area contributed by atoms with Gasteiger partial charge in [0.05, 0.1) is 45.8 Å². The topological polar surface area (TPSA) is 126 Å². The second kappa shape index (κ2) is 22.3. The highest BCUT2D eigenvalue weighted by molar-refractivity contribution is 7.80. The number of hydrogen-bond donors (Lipinski definition) is 2. The van der Waals surface area contributed by atoms with Gasteiger partial charge in [0.2, 0.25) is 5.91 Å². The van der Waals surface area contributed by atoms with Crippen molar-refractivity contribution in [3.05, 3.63) is 0 Å². The predicted octanol–water partition coefficient (Wildman–Crippen LogP) is 1.45. The first-order valence-electron chi connectivity index (χ1n) is 11.0. The number of rotatable bonds is 21. The third-order valence-electron chi connectivity index (χ3n) is 3.92. The molecule has 0 spiro atoms. The fourth-order valence-corrected chi connectivity index (χ4v) is 2.44. The van der Waals surface area contributed by atoms with Crippen LogP contribution >= 0.6 is 12.6 Å². The van der Waals surface area contributed by atoms with E-state index in [1.54, 1.807) is 6.92 Å². The summed E-state index contributed by atoms with van der Waals surface area (Å²) in [5.74, 6) is -0.572. The lowest BCUT2D eigenvalue weighted by Crippen LogP contribution is -2.27. The van der Waals surface area contributed by atoms with E-state index in [1.807, 2.05) is 0 Å². The van der Waals surface area contributed by atoms with Gasteiger partial charge in [0, 0.05) is 12.8 Å². The van der Waals surface area contributed by atoms with Crippen LogP contribution in [0.15, 0.2) is 0 Å². The van der Waals surface area contributed by atoms with Crippen molar-refractivity contribution in [2.45, 2.75) is 51.9 Å². The van der Waals surface area contributed by atoms with E-state index in [-0.39, 0.29) is 57.7 Å². The van der Waals surface area contributed by atoms with Crippen molar-refractivity contribution in [3.63, 3.8) is 0 Å². The molecule has 0 radical (unpaired) electrons. The Morgan fingerprint density at radius 2 is 1.19 bits per heavy atom. The Bertz CT molecular complexity index is 531. The Kier molecular flexibility index (Phi) is 21.1. The van der Waals surface area contributed by atoms with Crippen molar-refractivity contribution in [2.75, 3.05) is 58.5 Å². The summed E-state index contributed by atoms with van der Waals surface area (Å²) in [5.41, 5.74) is 0. The maximum absolute atomic E-state index is 11.6. The number of nitrogens with one attached hydrogen (secondary N) is 1. The Balaban J connectivity index is 3.44. The summed E-state index contributed by atoms with van der Waals surface area (Å²) in [4.78, 5) is 45.6. The molecule has 11 heteroatoms. The van der Waals surface area contributed by atoms with Crippen molar-refractivity contribution >= 4 is 36.4 Å². The maximum atomic E-state index is 11.6. The molecule has 0 unspecified atom stereocenters. The van der Waals surface area contributed by atoms with Gasteiger partial charge in [0.15, 0.2) is 0 Å². The van der Waals surface area contributed by atoms with Gasteiger partial charge in [-0.25, -0.2) is 0 Å². The van der Waals surface area contributed by atoms with Crippen LogP contribution in [0.25, 0.3) is 0 Å². The van der Waals surface area contributed by atoms with E-state index in [9.17, 15) is 19.2 Å². The van der Waals surface area contributed by atoms with Gasteiger partial charge in [-0.3, -0.25) is 19.2 Å². The third-order valence-corrected chi connectivity index (χ3v) is 4.24. The molecule has 1 amide bonds. The van der Waals surface area contributed by atoms with E-state index in [2.05, 4.69) is 17.9 Å². The van der Waals surface area contributed by atoms with Crippen LogP contribution in [0, 0.1) is 0 Å². The van der Waals surface area contributed by atoms with Crippen LogP contribution < -0.4 is 5.32 Å². The number of hydrogen-bond acceptors (Lipinski definition) is 10. The molecule has 0 aromatic heterocycles. The average Bonchev–Trinajstić information content (AvgIpc) is 2.79. The summed E-state index contributed by atoms with van der Waals surface area (Å²) in [7, 11) is 0. The quantitative estimate of drug-likeness (QED) is 0.109. The second-order valence-corrected chi connectivity index (χ2v) is 7.07. The summed E-state index contributed by atoms with van der Waals surface area (Å²) in [6.07, 6.45) is 3.36. The van der Waals surface area contributed by atoms with Crippen LogP contribution in [0.2, 0.25) is 0 Å². The number of ether oxygens (including phenoxy) is 5. The Labute approximate surface area is 195 Å². The lowest BCUT2D eigenvalue weighted by Gasteiger charge is -2.08. The maximum Gasteiger partial charge on any atom is 0.306 e. The summed E-state index contributed by atoms with van der Waals surface area (Å²) in [6, 6.07) is 0. The largest absolute Gasteiger partial charge is 0.464 e. The molecular weight excluding hydrogens is 442 g/mol. The fourth-order valence-electron chi connectivity index (χ4n) is 2.22. The minimum atomic E-state index is -0.525. The molecule has 0 aromatic rings. The fraction of sp³-hybridized carbons (Fsp3) is 0.810. The Morgan fingerprint density at radius 1 is 0.656 bits per heavy atom. The molecule has 10 nitrogen and oxygen atoms in total. The first-order chi connectivity index (χ1) is 15.5. The van der Waals surface area contributed by atoms with Crippen molar-refractivity contribution in [2.24, 2.45) is 0 Å². The van der Waals surface area contributed by atoms with Gasteiger partial charge < -0.3 is 29.0 Å². The number of esters is 3. The Morgan fingerprint density at radius 3 is 1.75 bits per heavy atom. The van der Waals surface area contributed by atoms with E-state index in [4.69, 9.17) is 23.7 Å². The molecule has 0 saturated heterocycles. The average molecular weight is 480 g/mol. The van der Waals surface area contributed by atoms with Gasteiger partial charge in [-0.05, 0) is 18.6 Å². The van der Waals surface area contributed by atoms with Crippen LogP contribution in [0.4, 0.5) is 0 Å². The van der Waals surface area contributed by atoms with Crippen LogP contribution in [0.5, 0.6) is 0 Å².